The van der Waals surface area contributed by atoms with Crippen LogP contribution in [0.25, 0.3) is 11.3 Å². The molecular weight excluding hydrogens is 473 g/mol. The quantitative estimate of drug-likeness (QED) is 0.357. The van der Waals surface area contributed by atoms with Crippen LogP contribution in [-0.4, -0.2) is 4.98 Å². The molecule has 0 saturated heterocycles. The molecule has 0 aliphatic rings. The van der Waals surface area contributed by atoms with E-state index in [1.165, 1.54) is 0 Å². The summed E-state index contributed by atoms with van der Waals surface area (Å²) in [5, 5.41) is 18.0. The second kappa shape index (κ2) is 9.40. The summed E-state index contributed by atoms with van der Waals surface area (Å²) in [5.74, 6) is 0. The molecule has 5 nitrogen and oxygen atoms in total. The van der Waals surface area contributed by atoms with Gasteiger partial charge in [-0.05, 0) is 96.8 Å². The maximum atomic E-state index is 9.22. The van der Waals surface area contributed by atoms with Gasteiger partial charge in [-0.3, -0.25) is 4.98 Å². The Morgan fingerprint density at radius 1 is 0.862 bits per heavy atom. The molecule has 3 aromatic rings. The summed E-state index contributed by atoms with van der Waals surface area (Å²) in [7, 11) is 0. The summed E-state index contributed by atoms with van der Waals surface area (Å²) >= 11 is 2.15. The number of nitrogens with two attached hydrogens (primary N) is 2. The monoisotopic (exact) mass is 495 g/mol. The minimum Gasteiger partial charge on any atom is -0.398 e. The smallest absolute Gasteiger partial charge is 0.102 e. The van der Waals surface area contributed by atoms with Crippen molar-refractivity contribution in [1.82, 2.24) is 4.98 Å². The number of anilines is 2. The third-order valence-corrected chi connectivity index (χ3v) is 6.17. The van der Waals surface area contributed by atoms with Crippen LogP contribution in [-0.2, 0) is 0 Å². The standard InChI is InChI=1S/C14H13N3.C9H9IN2/c1-9-7-12(16)11(8-15)14(10(9)2)13-5-3-4-6-17-13;1-5-3-8(12)7(4-11)9(10)6(5)2/h3-7H,16H2,1-2H3;3H,12H2,1-2H3. The van der Waals surface area contributed by atoms with Crippen LogP contribution in [0.3, 0.4) is 0 Å². The fraction of sp³-hybridized carbons (Fsp3) is 0.174. The fourth-order valence-corrected chi connectivity index (χ4v) is 3.77. The molecule has 0 radical (unpaired) electrons. The van der Waals surface area contributed by atoms with Gasteiger partial charge in [0.1, 0.15) is 12.1 Å². The molecule has 0 atom stereocenters. The van der Waals surface area contributed by atoms with E-state index in [4.69, 9.17) is 16.7 Å². The predicted octanol–water partition coefficient (Wildman–Crippen LogP) is 5.18. The largest absolute Gasteiger partial charge is 0.398 e. The average Bonchev–Trinajstić information content (AvgIpc) is 2.70. The third-order valence-electron chi connectivity index (χ3n) is 4.82. The Kier molecular flexibility index (Phi) is 7.19. The van der Waals surface area contributed by atoms with Gasteiger partial charge in [-0.15, -0.1) is 0 Å². The maximum Gasteiger partial charge on any atom is 0.102 e. The van der Waals surface area contributed by atoms with Gasteiger partial charge in [-0.2, -0.15) is 10.5 Å². The van der Waals surface area contributed by atoms with Gasteiger partial charge in [0, 0.05) is 15.3 Å². The van der Waals surface area contributed by atoms with Crippen molar-refractivity contribution in [2.24, 2.45) is 0 Å². The molecule has 6 heteroatoms. The molecular formula is C23H22IN5. The number of nitrogens with zero attached hydrogens (tertiary/aromatic N) is 3. The van der Waals surface area contributed by atoms with E-state index < -0.39 is 0 Å². The van der Waals surface area contributed by atoms with Crippen LogP contribution in [0.4, 0.5) is 11.4 Å². The molecule has 0 aliphatic heterocycles. The number of nitriles is 2. The molecule has 1 aromatic heterocycles. The van der Waals surface area contributed by atoms with Gasteiger partial charge >= 0.3 is 0 Å². The van der Waals surface area contributed by atoms with Crippen LogP contribution in [0, 0.1) is 53.9 Å². The first-order valence-electron chi connectivity index (χ1n) is 8.89. The Balaban J connectivity index is 0.000000221. The van der Waals surface area contributed by atoms with Crippen LogP contribution >= 0.6 is 22.6 Å². The first-order valence-corrected chi connectivity index (χ1v) is 9.97. The first-order chi connectivity index (χ1) is 13.7. The summed E-state index contributed by atoms with van der Waals surface area (Å²) < 4.78 is 0.965. The molecule has 0 fully saturated rings. The Labute approximate surface area is 185 Å². The lowest BCUT2D eigenvalue weighted by Gasteiger charge is -2.12. The van der Waals surface area contributed by atoms with Crippen molar-refractivity contribution < 1.29 is 0 Å². The molecule has 0 amide bonds. The number of benzene rings is 2. The van der Waals surface area contributed by atoms with Crippen molar-refractivity contribution in [1.29, 1.82) is 10.5 Å². The zero-order valence-corrected chi connectivity index (χ0v) is 19.0. The molecule has 0 saturated carbocycles. The highest BCUT2D eigenvalue weighted by Crippen LogP contribution is 2.31. The number of aromatic nitrogens is 1. The van der Waals surface area contributed by atoms with Crippen molar-refractivity contribution >= 4 is 34.0 Å². The third kappa shape index (κ3) is 4.67. The van der Waals surface area contributed by atoms with Crippen molar-refractivity contribution in [2.75, 3.05) is 11.5 Å². The van der Waals surface area contributed by atoms with Crippen LogP contribution < -0.4 is 11.5 Å². The van der Waals surface area contributed by atoms with Gasteiger partial charge in [0.25, 0.3) is 0 Å². The second-order valence-corrected chi connectivity index (χ2v) is 7.77. The van der Waals surface area contributed by atoms with E-state index in [2.05, 4.69) is 39.7 Å². The van der Waals surface area contributed by atoms with Crippen LogP contribution in [0.5, 0.6) is 0 Å². The number of aryl methyl sites for hydroxylation is 2. The van der Waals surface area contributed by atoms with E-state index in [0.717, 1.165) is 37.1 Å². The zero-order chi connectivity index (χ0) is 21.7. The predicted molar refractivity (Wildman–Crippen MR) is 126 cm³/mol. The molecule has 3 rings (SSSR count). The Hall–Kier alpha value is -3.10. The van der Waals surface area contributed by atoms with Crippen molar-refractivity contribution in [3.63, 3.8) is 0 Å². The molecule has 0 unspecified atom stereocenters. The van der Waals surface area contributed by atoms with Crippen LogP contribution in [0.1, 0.15) is 33.4 Å². The molecule has 0 aliphatic carbocycles. The summed E-state index contributed by atoms with van der Waals surface area (Å²) in [6.45, 7) is 7.96. The second-order valence-electron chi connectivity index (χ2n) is 6.69. The number of halogens is 1. The zero-order valence-electron chi connectivity index (χ0n) is 16.8. The van der Waals surface area contributed by atoms with Gasteiger partial charge in [-0.1, -0.05) is 6.07 Å². The van der Waals surface area contributed by atoms with E-state index >= 15 is 0 Å². The number of hydrogen-bond acceptors (Lipinski definition) is 5. The lowest BCUT2D eigenvalue weighted by Crippen LogP contribution is -1.99. The molecule has 29 heavy (non-hydrogen) atoms. The van der Waals surface area contributed by atoms with Crippen molar-refractivity contribution in [3.8, 4) is 23.4 Å². The lowest BCUT2D eigenvalue weighted by atomic mass is 9.94. The van der Waals surface area contributed by atoms with E-state index in [1.54, 1.807) is 6.20 Å². The van der Waals surface area contributed by atoms with Gasteiger partial charge < -0.3 is 11.5 Å². The number of nitrogen functional groups attached to an aromatic ring is 2. The average molecular weight is 495 g/mol. The SMILES string of the molecule is Cc1cc(N)c(C#N)c(-c2ccccn2)c1C.Cc1cc(N)c(C#N)c(I)c1C. The normalized spacial score (nSPS) is 9.76. The van der Waals surface area contributed by atoms with E-state index in [1.807, 2.05) is 58.0 Å². The van der Waals surface area contributed by atoms with E-state index in [0.29, 0.717) is 22.5 Å². The van der Waals surface area contributed by atoms with Crippen molar-refractivity contribution in [2.45, 2.75) is 27.7 Å². The highest BCUT2D eigenvalue weighted by Gasteiger charge is 2.14. The first kappa shape index (κ1) is 22.2. The number of pyridine rings is 1. The minimum absolute atomic E-state index is 0.506. The number of rotatable bonds is 1. The van der Waals surface area contributed by atoms with Gasteiger partial charge in [-0.25, -0.2) is 0 Å². The van der Waals surface area contributed by atoms with Crippen LogP contribution in [0.15, 0.2) is 36.5 Å². The highest BCUT2D eigenvalue weighted by molar-refractivity contribution is 14.1. The van der Waals surface area contributed by atoms with Crippen LogP contribution in [0.2, 0.25) is 0 Å². The minimum atomic E-state index is 0.506. The van der Waals surface area contributed by atoms with Crippen molar-refractivity contribution in [3.05, 3.63) is 73.5 Å². The topological polar surface area (TPSA) is 113 Å². The maximum absolute atomic E-state index is 9.22. The molecule has 1 heterocycles. The van der Waals surface area contributed by atoms with E-state index in [-0.39, 0.29) is 0 Å². The Bertz CT molecular complexity index is 1140. The molecule has 0 spiro atoms. The summed E-state index contributed by atoms with van der Waals surface area (Å²) in [6.07, 6.45) is 1.72. The molecule has 146 valence electrons. The highest BCUT2D eigenvalue weighted by atomic mass is 127. The molecule has 4 N–H and O–H groups in total. The lowest BCUT2D eigenvalue weighted by molar-refractivity contribution is 1.27. The van der Waals surface area contributed by atoms with Gasteiger partial charge in [0.2, 0.25) is 0 Å². The fourth-order valence-electron chi connectivity index (χ4n) is 2.91. The van der Waals surface area contributed by atoms with E-state index in [9.17, 15) is 5.26 Å². The Morgan fingerprint density at radius 3 is 1.93 bits per heavy atom. The molecule has 2 aromatic carbocycles. The number of hydrogen-bond donors (Lipinski definition) is 2. The van der Waals surface area contributed by atoms with Gasteiger partial charge in [0.15, 0.2) is 0 Å². The van der Waals surface area contributed by atoms with Gasteiger partial charge in [0.05, 0.1) is 28.2 Å². The summed E-state index contributed by atoms with van der Waals surface area (Å²) in [6, 6.07) is 13.6. The molecule has 0 bridgehead atoms. The summed E-state index contributed by atoms with van der Waals surface area (Å²) in [4.78, 5) is 4.29. The Morgan fingerprint density at radius 2 is 1.41 bits per heavy atom. The summed E-state index contributed by atoms with van der Waals surface area (Å²) in [5.41, 5.74) is 19.8.